The minimum atomic E-state index is -4.44. The summed E-state index contributed by atoms with van der Waals surface area (Å²) in [6.07, 6.45) is -2.52. The summed E-state index contributed by atoms with van der Waals surface area (Å²) in [6, 6.07) is 10.9. The molecule has 0 saturated carbocycles. The second-order valence-electron chi connectivity index (χ2n) is 6.37. The molecule has 2 aromatic heterocycles. The van der Waals surface area contributed by atoms with Crippen LogP contribution in [0.15, 0.2) is 53.1 Å². The molecule has 4 aromatic rings. The molecule has 0 fully saturated rings. The van der Waals surface area contributed by atoms with Gasteiger partial charge in [0.2, 0.25) is 0 Å². The smallest absolute Gasteiger partial charge is 0.392 e. The molecule has 7 heteroatoms. The number of aliphatic hydroxyl groups is 1. The van der Waals surface area contributed by atoms with Crippen LogP contribution >= 0.6 is 15.9 Å². The van der Waals surface area contributed by atoms with Crippen molar-refractivity contribution in [2.45, 2.75) is 12.8 Å². The Hall–Kier alpha value is -2.38. The molecule has 0 amide bonds. The third kappa shape index (κ3) is 3.11. The van der Waals surface area contributed by atoms with Crippen LogP contribution in [0.3, 0.4) is 0 Å². The number of hydrogen-bond acceptors (Lipinski definition) is 2. The molecule has 0 unspecified atom stereocenters. The van der Waals surface area contributed by atoms with Crippen LogP contribution in [0.4, 0.5) is 13.2 Å². The zero-order valence-corrected chi connectivity index (χ0v) is 15.8. The standard InChI is InChI=1S/C20H14BrF3N2O/c1-26-9-16(15-8-13(21)3-5-19(15)26)18-6-11(10-27)14-7-12(20(22,23)24)2-4-17(14)25-18/h2-9,27H,10H2,1H3. The number of halogens is 4. The van der Waals surface area contributed by atoms with E-state index in [1.54, 1.807) is 6.07 Å². The van der Waals surface area contributed by atoms with Crippen LogP contribution in [0.2, 0.25) is 0 Å². The summed E-state index contributed by atoms with van der Waals surface area (Å²) < 4.78 is 41.9. The van der Waals surface area contributed by atoms with Crippen molar-refractivity contribution < 1.29 is 18.3 Å². The lowest BCUT2D eigenvalue weighted by Gasteiger charge is -2.11. The summed E-state index contributed by atoms with van der Waals surface area (Å²) in [5.74, 6) is 0. The molecule has 0 radical (unpaired) electrons. The van der Waals surface area contributed by atoms with Gasteiger partial charge in [-0.3, -0.25) is 0 Å². The number of nitrogens with zero attached hydrogens (tertiary/aromatic N) is 2. The van der Waals surface area contributed by atoms with E-state index in [0.717, 1.165) is 33.1 Å². The lowest BCUT2D eigenvalue weighted by atomic mass is 10.0. The molecular formula is C20H14BrF3N2O. The van der Waals surface area contributed by atoms with E-state index < -0.39 is 11.7 Å². The molecule has 2 heterocycles. The number of rotatable bonds is 2. The highest BCUT2D eigenvalue weighted by atomic mass is 79.9. The predicted molar refractivity (Wildman–Crippen MR) is 102 cm³/mol. The zero-order chi connectivity index (χ0) is 19.3. The first-order chi connectivity index (χ1) is 12.8. The summed E-state index contributed by atoms with van der Waals surface area (Å²) >= 11 is 3.47. The maximum atomic E-state index is 13.0. The quantitative estimate of drug-likeness (QED) is 0.441. The SMILES string of the molecule is Cn1cc(-c2cc(CO)c3cc(C(F)(F)F)ccc3n2)c2cc(Br)ccc21. The van der Waals surface area contributed by atoms with Crippen molar-refractivity contribution in [1.82, 2.24) is 9.55 Å². The molecule has 0 aliphatic rings. The van der Waals surface area contributed by atoms with E-state index in [1.165, 1.54) is 6.07 Å². The molecule has 0 spiro atoms. The Morgan fingerprint density at radius 2 is 1.85 bits per heavy atom. The topological polar surface area (TPSA) is 38.0 Å². The van der Waals surface area contributed by atoms with Crippen molar-refractivity contribution in [1.29, 1.82) is 0 Å². The average molecular weight is 435 g/mol. The van der Waals surface area contributed by atoms with E-state index in [-0.39, 0.29) is 6.61 Å². The van der Waals surface area contributed by atoms with Gasteiger partial charge in [0, 0.05) is 39.6 Å². The number of aliphatic hydroxyl groups excluding tert-OH is 1. The molecular weight excluding hydrogens is 421 g/mol. The largest absolute Gasteiger partial charge is 0.416 e. The van der Waals surface area contributed by atoms with Gasteiger partial charge >= 0.3 is 6.18 Å². The zero-order valence-electron chi connectivity index (χ0n) is 14.2. The highest BCUT2D eigenvalue weighted by molar-refractivity contribution is 9.10. The molecule has 3 nitrogen and oxygen atoms in total. The number of hydrogen-bond donors (Lipinski definition) is 1. The second kappa shape index (κ2) is 6.35. The molecule has 0 atom stereocenters. The average Bonchev–Trinajstić information content (AvgIpc) is 2.95. The number of alkyl halides is 3. The van der Waals surface area contributed by atoms with E-state index >= 15 is 0 Å². The van der Waals surface area contributed by atoms with Crippen LogP contribution < -0.4 is 0 Å². The van der Waals surface area contributed by atoms with E-state index in [1.807, 2.05) is 36.0 Å². The van der Waals surface area contributed by atoms with Crippen molar-refractivity contribution in [3.8, 4) is 11.3 Å². The fraction of sp³-hybridized carbons (Fsp3) is 0.150. The first kappa shape index (κ1) is 18.0. The first-order valence-corrected chi connectivity index (χ1v) is 8.94. The van der Waals surface area contributed by atoms with Crippen molar-refractivity contribution >= 4 is 37.7 Å². The fourth-order valence-electron chi connectivity index (χ4n) is 3.31. The van der Waals surface area contributed by atoms with Gasteiger partial charge in [0.25, 0.3) is 0 Å². The summed E-state index contributed by atoms with van der Waals surface area (Å²) in [4.78, 5) is 4.56. The lowest BCUT2D eigenvalue weighted by Crippen LogP contribution is -2.05. The summed E-state index contributed by atoms with van der Waals surface area (Å²) in [5, 5.41) is 11.0. The molecule has 0 saturated heterocycles. The van der Waals surface area contributed by atoms with Gasteiger partial charge in [-0.25, -0.2) is 4.98 Å². The predicted octanol–water partition coefficient (Wildman–Crippen LogP) is 5.67. The van der Waals surface area contributed by atoms with Crippen LogP contribution in [0.25, 0.3) is 33.1 Å². The Morgan fingerprint density at radius 1 is 1.07 bits per heavy atom. The molecule has 0 aliphatic heterocycles. The van der Waals surface area contributed by atoms with Gasteiger partial charge in [0.1, 0.15) is 0 Å². The van der Waals surface area contributed by atoms with Gasteiger partial charge in [-0.2, -0.15) is 13.2 Å². The van der Waals surface area contributed by atoms with Gasteiger partial charge < -0.3 is 9.67 Å². The number of fused-ring (bicyclic) bond motifs is 2. The Bertz CT molecular complexity index is 1180. The lowest BCUT2D eigenvalue weighted by molar-refractivity contribution is -0.137. The normalized spacial score (nSPS) is 12.2. The minimum Gasteiger partial charge on any atom is -0.392 e. The number of aromatic nitrogens is 2. The molecule has 0 aliphatic carbocycles. The maximum Gasteiger partial charge on any atom is 0.416 e. The number of aryl methyl sites for hydroxylation is 1. The van der Waals surface area contributed by atoms with E-state index in [2.05, 4.69) is 20.9 Å². The highest BCUT2D eigenvalue weighted by Gasteiger charge is 2.30. The summed E-state index contributed by atoms with van der Waals surface area (Å²) in [5.41, 5.74) is 2.53. The van der Waals surface area contributed by atoms with Crippen LogP contribution in [-0.2, 0) is 19.8 Å². The maximum absolute atomic E-state index is 13.0. The monoisotopic (exact) mass is 434 g/mol. The van der Waals surface area contributed by atoms with Crippen molar-refractivity contribution in [2.75, 3.05) is 0 Å². The van der Waals surface area contributed by atoms with E-state index in [9.17, 15) is 18.3 Å². The van der Waals surface area contributed by atoms with Crippen LogP contribution in [-0.4, -0.2) is 14.7 Å². The van der Waals surface area contributed by atoms with Gasteiger partial charge in [-0.1, -0.05) is 15.9 Å². The van der Waals surface area contributed by atoms with Crippen LogP contribution in [0.5, 0.6) is 0 Å². The first-order valence-electron chi connectivity index (χ1n) is 8.14. The van der Waals surface area contributed by atoms with E-state index in [4.69, 9.17) is 0 Å². The number of benzene rings is 2. The van der Waals surface area contributed by atoms with Crippen LogP contribution in [0, 0.1) is 0 Å². The molecule has 138 valence electrons. The molecule has 27 heavy (non-hydrogen) atoms. The van der Waals surface area contributed by atoms with Crippen molar-refractivity contribution in [3.05, 3.63) is 64.3 Å². The third-order valence-corrected chi connectivity index (χ3v) is 5.11. The molecule has 4 rings (SSSR count). The Morgan fingerprint density at radius 3 is 2.56 bits per heavy atom. The Labute approximate surface area is 161 Å². The fourth-order valence-corrected chi connectivity index (χ4v) is 3.67. The molecule has 1 N–H and O–H groups in total. The van der Waals surface area contributed by atoms with Gasteiger partial charge in [0.15, 0.2) is 0 Å². The van der Waals surface area contributed by atoms with Gasteiger partial charge in [0.05, 0.1) is 23.4 Å². The second-order valence-corrected chi connectivity index (χ2v) is 7.29. The van der Waals surface area contributed by atoms with Crippen molar-refractivity contribution in [3.63, 3.8) is 0 Å². The van der Waals surface area contributed by atoms with Crippen molar-refractivity contribution in [2.24, 2.45) is 7.05 Å². The van der Waals surface area contributed by atoms with Gasteiger partial charge in [-0.05, 0) is 48.0 Å². The Kier molecular flexibility index (Phi) is 4.24. The van der Waals surface area contributed by atoms with E-state index in [0.29, 0.717) is 22.2 Å². The molecule has 0 bridgehead atoms. The summed E-state index contributed by atoms with van der Waals surface area (Å²) in [7, 11) is 1.92. The van der Waals surface area contributed by atoms with Crippen LogP contribution in [0.1, 0.15) is 11.1 Å². The Balaban J connectivity index is 1.98. The summed E-state index contributed by atoms with van der Waals surface area (Å²) in [6.45, 7) is -0.373. The molecule has 2 aromatic carbocycles. The third-order valence-electron chi connectivity index (χ3n) is 4.62. The minimum absolute atomic E-state index is 0.303. The highest BCUT2D eigenvalue weighted by Crippen LogP contribution is 2.35. The van der Waals surface area contributed by atoms with Gasteiger partial charge in [-0.15, -0.1) is 0 Å². The number of pyridine rings is 1.